The van der Waals surface area contributed by atoms with Gasteiger partial charge in [0.05, 0.1) is 4.90 Å². The molecular formula is C15H21F3N2O3S. The maximum Gasteiger partial charge on any atom is 0.387 e. The van der Waals surface area contributed by atoms with Gasteiger partial charge in [-0.25, -0.2) is 17.5 Å². The summed E-state index contributed by atoms with van der Waals surface area (Å²) in [4.78, 5) is -0.351. The van der Waals surface area contributed by atoms with Crippen LogP contribution in [0.25, 0.3) is 0 Å². The molecule has 0 spiro atoms. The van der Waals surface area contributed by atoms with Gasteiger partial charge in [-0.15, -0.1) is 0 Å². The summed E-state index contributed by atoms with van der Waals surface area (Å²) in [6, 6.07) is 2.12. The third kappa shape index (κ3) is 4.84. The molecule has 0 amide bonds. The minimum absolute atomic E-state index is 0.138. The van der Waals surface area contributed by atoms with E-state index in [2.05, 4.69) is 9.46 Å². The molecule has 0 bridgehead atoms. The molecule has 5 nitrogen and oxygen atoms in total. The molecule has 1 fully saturated rings. The number of alkyl halides is 2. The molecule has 1 unspecified atom stereocenters. The molecule has 1 saturated carbocycles. The normalized spacial score (nSPS) is 17.9. The van der Waals surface area contributed by atoms with Crippen LogP contribution in [0.1, 0.15) is 32.1 Å². The smallest absolute Gasteiger partial charge is 0.387 e. The van der Waals surface area contributed by atoms with Gasteiger partial charge >= 0.3 is 6.61 Å². The molecule has 1 aromatic rings. The van der Waals surface area contributed by atoms with E-state index in [1.54, 1.807) is 0 Å². The topological polar surface area (TPSA) is 81.4 Å². The molecule has 1 aliphatic carbocycles. The number of hydrogen-bond acceptors (Lipinski definition) is 4. The standard InChI is InChI=1S/C15H21F3N2O3S/c16-12-8-11(6-7-14(12)23-15(17)18)24(21,22)20-13(9-19)10-4-2-1-3-5-10/h6-8,10,13,15,20H,1-5,9,19H2. The Morgan fingerprint density at radius 1 is 1.25 bits per heavy atom. The largest absolute Gasteiger partial charge is 0.432 e. The predicted molar refractivity (Wildman–Crippen MR) is 82.8 cm³/mol. The molecule has 136 valence electrons. The van der Waals surface area contributed by atoms with Crippen molar-refractivity contribution in [3.05, 3.63) is 24.0 Å². The zero-order chi connectivity index (χ0) is 17.7. The van der Waals surface area contributed by atoms with Crippen LogP contribution >= 0.6 is 0 Å². The summed E-state index contributed by atoms with van der Waals surface area (Å²) < 4.78 is 69.3. The first kappa shape index (κ1) is 19.0. The Kier molecular flexibility index (Phi) is 6.47. The molecule has 3 N–H and O–H groups in total. The number of benzene rings is 1. The van der Waals surface area contributed by atoms with E-state index in [1.807, 2.05) is 0 Å². The summed E-state index contributed by atoms with van der Waals surface area (Å²) in [5.74, 6) is -1.73. The maximum absolute atomic E-state index is 13.7. The highest BCUT2D eigenvalue weighted by Gasteiger charge is 2.28. The average molecular weight is 366 g/mol. The van der Waals surface area contributed by atoms with Gasteiger partial charge in [0.25, 0.3) is 0 Å². The first-order chi connectivity index (χ1) is 11.3. The SMILES string of the molecule is NCC(NS(=O)(=O)c1ccc(OC(F)F)c(F)c1)C1CCCCC1. The number of nitrogens with one attached hydrogen (secondary N) is 1. The van der Waals surface area contributed by atoms with Gasteiger partial charge in [-0.2, -0.15) is 8.78 Å². The van der Waals surface area contributed by atoms with E-state index in [1.165, 1.54) is 0 Å². The third-order valence-corrected chi connectivity index (χ3v) is 5.70. The fourth-order valence-electron chi connectivity index (χ4n) is 2.98. The lowest BCUT2D eigenvalue weighted by atomic mass is 9.84. The number of nitrogens with two attached hydrogens (primary N) is 1. The molecule has 0 aliphatic heterocycles. The first-order valence-electron chi connectivity index (χ1n) is 7.80. The summed E-state index contributed by atoms with van der Waals surface area (Å²) in [7, 11) is -4.00. The van der Waals surface area contributed by atoms with Crippen LogP contribution in [-0.2, 0) is 10.0 Å². The van der Waals surface area contributed by atoms with Crippen molar-refractivity contribution in [2.75, 3.05) is 6.54 Å². The van der Waals surface area contributed by atoms with Gasteiger partial charge < -0.3 is 10.5 Å². The molecule has 0 aromatic heterocycles. The highest BCUT2D eigenvalue weighted by Crippen LogP contribution is 2.28. The summed E-state index contributed by atoms with van der Waals surface area (Å²) in [5, 5.41) is 0. The number of hydrogen-bond donors (Lipinski definition) is 2. The molecule has 2 rings (SSSR count). The second-order valence-electron chi connectivity index (χ2n) is 5.83. The summed E-state index contributed by atoms with van der Waals surface area (Å²) in [6.07, 6.45) is 4.95. The van der Waals surface area contributed by atoms with Crippen LogP contribution in [0.4, 0.5) is 13.2 Å². The van der Waals surface area contributed by atoms with Crippen LogP contribution in [0.15, 0.2) is 23.1 Å². The van der Waals surface area contributed by atoms with Gasteiger partial charge in [-0.3, -0.25) is 0 Å². The summed E-state index contributed by atoms with van der Waals surface area (Å²) >= 11 is 0. The number of halogens is 3. The zero-order valence-corrected chi connectivity index (χ0v) is 13.9. The van der Waals surface area contributed by atoms with E-state index in [4.69, 9.17) is 5.73 Å². The molecule has 1 aliphatic rings. The van der Waals surface area contributed by atoms with Crippen LogP contribution in [-0.4, -0.2) is 27.6 Å². The molecular weight excluding hydrogens is 345 g/mol. The second kappa shape index (κ2) is 8.17. The fourth-order valence-corrected chi connectivity index (χ4v) is 4.31. The number of ether oxygens (including phenoxy) is 1. The van der Waals surface area contributed by atoms with Gasteiger partial charge in [0, 0.05) is 12.6 Å². The lowest BCUT2D eigenvalue weighted by Gasteiger charge is -2.29. The molecule has 0 radical (unpaired) electrons. The van der Waals surface area contributed by atoms with E-state index in [-0.39, 0.29) is 17.4 Å². The first-order valence-corrected chi connectivity index (χ1v) is 9.28. The Balaban J connectivity index is 2.15. The Hall–Kier alpha value is -1.32. The molecule has 1 atom stereocenters. The van der Waals surface area contributed by atoms with Gasteiger partial charge in [-0.05, 0) is 37.0 Å². The Morgan fingerprint density at radius 2 is 1.92 bits per heavy atom. The van der Waals surface area contributed by atoms with Crippen molar-refractivity contribution in [1.82, 2.24) is 4.72 Å². The number of sulfonamides is 1. The lowest BCUT2D eigenvalue weighted by molar-refractivity contribution is -0.0522. The molecule has 1 aromatic carbocycles. The average Bonchev–Trinajstić information content (AvgIpc) is 2.55. The van der Waals surface area contributed by atoms with E-state index < -0.39 is 34.2 Å². The molecule has 24 heavy (non-hydrogen) atoms. The molecule has 9 heteroatoms. The monoisotopic (exact) mass is 366 g/mol. The zero-order valence-electron chi connectivity index (χ0n) is 13.1. The minimum Gasteiger partial charge on any atom is -0.432 e. The van der Waals surface area contributed by atoms with E-state index in [9.17, 15) is 21.6 Å². The Bertz CT molecular complexity index is 649. The highest BCUT2D eigenvalue weighted by molar-refractivity contribution is 7.89. The van der Waals surface area contributed by atoms with Crippen molar-refractivity contribution < 1.29 is 26.3 Å². The van der Waals surface area contributed by atoms with Crippen LogP contribution in [0.3, 0.4) is 0 Å². The van der Waals surface area contributed by atoms with Gasteiger partial charge in [0.15, 0.2) is 11.6 Å². The quantitative estimate of drug-likeness (QED) is 0.777. The predicted octanol–water partition coefficient (Wildman–Crippen LogP) is 2.61. The third-order valence-electron chi connectivity index (χ3n) is 4.21. The van der Waals surface area contributed by atoms with Crippen molar-refractivity contribution >= 4 is 10.0 Å². The van der Waals surface area contributed by atoms with Crippen LogP contribution in [0.2, 0.25) is 0 Å². The summed E-state index contributed by atoms with van der Waals surface area (Å²) in [6.45, 7) is -3.05. The van der Waals surface area contributed by atoms with E-state index in [0.717, 1.165) is 44.2 Å². The second-order valence-corrected chi connectivity index (χ2v) is 7.55. The Morgan fingerprint density at radius 3 is 2.46 bits per heavy atom. The molecule has 0 heterocycles. The lowest BCUT2D eigenvalue weighted by Crippen LogP contribution is -2.45. The fraction of sp³-hybridized carbons (Fsp3) is 0.600. The van der Waals surface area contributed by atoms with E-state index >= 15 is 0 Å². The van der Waals surface area contributed by atoms with Gasteiger partial charge in [-0.1, -0.05) is 19.3 Å². The van der Waals surface area contributed by atoms with E-state index in [0.29, 0.717) is 6.07 Å². The van der Waals surface area contributed by atoms with Crippen molar-refractivity contribution in [2.24, 2.45) is 11.7 Å². The highest BCUT2D eigenvalue weighted by atomic mass is 32.2. The minimum atomic E-state index is -4.00. The van der Waals surface area contributed by atoms with Crippen molar-refractivity contribution in [1.29, 1.82) is 0 Å². The molecule has 0 saturated heterocycles. The van der Waals surface area contributed by atoms with Crippen molar-refractivity contribution in [3.63, 3.8) is 0 Å². The van der Waals surface area contributed by atoms with Crippen LogP contribution in [0.5, 0.6) is 5.75 Å². The number of rotatable bonds is 7. The maximum atomic E-state index is 13.7. The van der Waals surface area contributed by atoms with Crippen LogP contribution in [0, 0.1) is 11.7 Å². The van der Waals surface area contributed by atoms with Crippen LogP contribution < -0.4 is 15.2 Å². The van der Waals surface area contributed by atoms with Crippen molar-refractivity contribution in [3.8, 4) is 5.75 Å². The Labute approximate surface area is 139 Å². The summed E-state index contributed by atoms with van der Waals surface area (Å²) in [5.41, 5.74) is 5.69. The van der Waals surface area contributed by atoms with Crippen molar-refractivity contribution in [2.45, 2.75) is 49.7 Å². The van der Waals surface area contributed by atoms with Gasteiger partial charge in [0.1, 0.15) is 0 Å². The van der Waals surface area contributed by atoms with Gasteiger partial charge in [0.2, 0.25) is 10.0 Å².